The van der Waals surface area contributed by atoms with Gasteiger partial charge in [0.1, 0.15) is 9.84 Å². The van der Waals surface area contributed by atoms with Crippen LogP contribution in [0.5, 0.6) is 0 Å². The number of hydrogen-bond acceptors (Lipinski definition) is 5. The summed E-state index contributed by atoms with van der Waals surface area (Å²) in [7, 11) is -2.91. The first-order valence-corrected chi connectivity index (χ1v) is 7.86. The highest BCUT2D eigenvalue weighted by Gasteiger charge is 2.38. The molecule has 17 heavy (non-hydrogen) atoms. The number of nitrogens with one attached hydrogen (secondary N) is 1. The van der Waals surface area contributed by atoms with Crippen molar-refractivity contribution in [3.63, 3.8) is 0 Å². The second-order valence-electron chi connectivity index (χ2n) is 4.44. The van der Waals surface area contributed by atoms with Crippen LogP contribution in [-0.2, 0) is 19.4 Å². The summed E-state index contributed by atoms with van der Waals surface area (Å²) >= 11 is 0. The van der Waals surface area contributed by atoms with Crippen molar-refractivity contribution in [2.45, 2.75) is 38.6 Å². The third-order valence-corrected chi connectivity index (χ3v) is 4.78. The molecule has 0 saturated carbocycles. The highest BCUT2D eigenvalue weighted by atomic mass is 32.2. The Hall–Kier alpha value is -0.620. The van der Waals surface area contributed by atoms with Gasteiger partial charge >= 0.3 is 5.97 Å². The van der Waals surface area contributed by atoms with Crippen molar-refractivity contribution in [2.75, 3.05) is 24.7 Å². The lowest BCUT2D eigenvalue weighted by Gasteiger charge is -2.37. The summed E-state index contributed by atoms with van der Waals surface area (Å²) in [6, 6.07) is 0. The summed E-state index contributed by atoms with van der Waals surface area (Å²) in [4.78, 5) is 11.5. The molecule has 0 unspecified atom stereocenters. The van der Waals surface area contributed by atoms with Gasteiger partial charge in [0.15, 0.2) is 0 Å². The summed E-state index contributed by atoms with van der Waals surface area (Å²) in [5.41, 5.74) is -0.397. The van der Waals surface area contributed by atoms with Crippen molar-refractivity contribution in [3.05, 3.63) is 0 Å². The van der Waals surface area contributed by atoms with Crippen LogP contribution in [0.25, 0.3) is 0 Å². The molecule has 1 saturated heterocycles. The Morgan fingerprint density at radius 2 is 1.88 bits per heavy atom. The van der Waals surface area contributed by atoms with Crippen molar-refractivity contribution < 1.29 is 17.9 Å². The number of carbonyl (C=O) groups excluding carboxylic acids is 1. The predicted octanol–water partition coefficient (Wildman–Crippen LogP) is 0.496. The van der Waals surface area contributed by atoms with E-state index in [0.29, 0.717) is 19.4 Å². The Bertz CT molecular complexity index is 350. The van der Waals surface area contributed by atoms with Gasteiger partial charge in [0.2, 0.25) is 0 Å². The first-order chi connectivity index (χ1) is 7.93. The van der Waals surface area contributed by atoms with Crippen LogP contribution in [0.2, 0.25) is 0 Å². The van der Waals surface area contributed by atoms with Gasteiger partial charge in [-0.25, -0.2) is 8.42 Å². The largest absolute Gasteiger partial charge is 0.466 e. The Labute approximate surface area is 103 Å². The molecule has 1 fully saturated rings. The molecule has 1 N–H and O–H groups in total. The van der Waals surface area contributed by atoms with Gasteiger partial charge in [-0.2, -0.15) is 0 Å². The Morgan fingerprint density at radius 1 is 1.29 bits per heavy atom. The molecule has 100 valence electrons. The second-order valence-corrected chi connectivity index (χ2v) is 6.75. The van der Waals surface area contributed by atoms with Crippen LogP contribution < -0.4 is 5.32 Å². The lowest BCUT2D eigenvalue weighted by atomic mass is 9.88. The van der Waals surface area contributed by atoms with Crippen molar-refractivity contribution in [3.8, 4) is 0 Å². The van der Waals surface area contributed by atoms with Gasteiger partial charge < -0.3 is 10.1 Å². The minimum Gasteiger partial charge on any atom is -0.466 e. The molecule has 0 aromatic heterocycles. The highest BCUT2D eigenvalue weighted by molar-refractivity contribution is 7.91. The van der Waals surface area contributed by atoms with E-state index in [9.17, 15) is 13.2 Å². The van der Waals surface area contributed by atoms with Gasteiger partial charge in [-0.05, 0) is 26.3 Å². The van der Waals surface area contributed by atoms with E-state index in [4.69, 9.17) is 4.74 Å². The van der Waals surface area contributed by atoms with Gasteiger partial charge in [0, 0.05) is 5.54 Å². The molecule has 0 radical (unpaired) electrons. The zero-order valence-electron chi connectivity index (χ0n) is 10.5. The topological polar surface area (TPSA) is 72.5 Å². The molecular formula is C11H21NO4S. The van der Waals surface area contributed by atoms with Gasteiger partial charge in [-0.1, -0.05) is 6.92 Å². The Balaban J connectivity index is 2.67. The fraction of sp³-hybridized carbons (Fsp3) is 0.909. The van der Waals surface area contributed by atoms with Crippen LogP contribution in [0.3, 0.4) is 0 Å². The molecule has 0 bridgehead atoms. The third kappa shape index (κ3) is 4.27. The summed E-state index contributed by atoms with van der Waals surface area (Å²) < 4.78 is 27.8. The van der Waals surface area contributed by atoms with Crippen molar-refractivity contribution in [1.29, 1.82) is 0 Å². The maximum Gasteiger partial charge on any atom is 0.307 e. The maximum absolute atomic E-state index is 11.5. The minimum atomic E-state index is -2.91. The highest BCUT2D eigenvalue weighted by Crippen LogP contribution is 2.27. The normalized spacial score (nSPS) is 22.0. The van der Waals surface area contributed by atoms with E-state index in [0.717, 1.165) is 6.54 Å². The molecule has 1 aliphatic rings. The van der Waals surface area contributed by atoms with Crippen LogP contribution in [0.4, 0.5) is 0 Å². The van der Waals surface area contributed by atoms with Crippen molar-refractivity contribution >= 4 is 15.8 Å². The van der Waals surface area contributed by atoms with E-state index >= 15 is 0 Å². The van der Waals surface area contributed by atoms with Gasteiger partial charge in [-0.15, -0.1) is 0 Å². The second kappa shape index (κ2) is 5.82. The van der Waals surface area contributed by atoms with Crippen LogP contribution in [0.15, 0.2) is 0 Å². The zero-order valence-corrected chi connectivity index (χ0v) is 11.3. The molecule has 1 aliphatic heterocycles. The molecule has 0 amide bonds. The fourth-order valence-electron chi connectivity index (χ4n) is 2.21. The van der Waals surface area contributed by atoms with E-state index in [1.807, 2.05) is 6.92 Å². The third-order valence-electron chi connectivity index (χ3n) is 3.12. The summed E-state index contributed by atoms with van der Waals surface area (Å²) in [6.07, 6.45) is 1.23. The van der Waals surface area contributed by atoms with Crippen LogP contribution in [0.1, 0.15) is 33.1 Å². The lowest BCUT2D eigenvalue weighted by molar-refractivity contribution is -0.145. The molecule has 1 heterocycles. The average Bonchev–Trinajstić information content (AvgIpc) is 2.24. The zero-order chi connectivity index (χ0) is 12.9. The van der Waals surface area contributed by atoms with E-state index in [1.54, 1.807) is 6.92 Å². The van der Waals surface area contributed by atoms with Crippen LogP contribution >= 0.6 is 0 Å². The number of hydrogen-bond donors (Lipinski definition) is 1. The molecule has 6 heteroatoms. The van der Waals surface area contributed by atoms with E-state index < -0.39 is 15.4 Å². The monoisotopic (exact) mass is 263 g/mol. The van der Waals surface area contributed by atoms with Crippen molar-refractivity contribution in [2.24, 2.45) is 0 Å². The summed E-state index contributed by atoms with van der Waals surface area (Å²) in [5.74, 6) is 0.0477. The summed E-state index contributed by atoms with van der Waals surface area (Å²) in [6.45, 7) is 4.80. The number of rotatable bonds is 5. The standard InChI is InChI=1S/C11H21NO4S/c1-3-12-11(9-10(13)16-4-2)5-7-17(14,15)8-6-11/h12H,3-9H2,1-2H3. The molecule has 1 rings (SSSR count). The molecular weight excluding hydrogens is 242 g/mol. The molecule has 5 nitrogen and oxygen atoms in total. The number of ether oxygens (including phenoxy) is 1. The Morgan fingerprint density at radius 3 is 2.35 bits per heavy atom. The first kappa shape index (κ1) is 14.4. The maximum atomic E-state index is 11.5. The molecule has 0 atom stereocenters. The SMILES string of the molecule is CCNC1(CC(=O)OCC)CCS(=O)(=O)CC1. The number of sulfone groups is 1. The van der Waals surface area contributed by atoms with Crippen LogP contribution in [0, 0.1) is 0 Å². The molecule has 0 aromatic rings. The molecule has 0 aliphatic carbocycles. The van der Waals surface area contributed by atoms with Gasteiger partial charge in [0.25, 0.3) is 0 Å². The van der Waals surface area contributed by atoms with E-state index in [2.05, 4.69) is 5.32 Å². The molecule has 0 aromatic carbocycles. The lowest BCUT2D eigenvalue weighted by Crippen LogP contribution is -2.52. The number of carbonyl (C=O) groups is 1. The molecule has 0 spiro atoms. The Kier molecular flexibility index (Phi) is 4.94. The summed E-state index contributed by atoms with van der Waals surface area (Å²) in [5, 5.41) is 3.26. The quantitative estimate of drug-likeness (QED) is 0.731. The van der Waals surface area contributed by atoms with E-state index in [1.165, 1.54) is 0 Å². The van der Waals surface area contributed by atoms with E-state index in [-0.39, 0.29) is 23.9 Å². The first-order valence-electron chi connectivity index (χ1n) is 6.04. The smallest absolute Gasteiger partial charge is 0.307 e. The van der Waals surface area contributed by atoms with Crippen LogP contribution in [-0.4, -0.2) is 44.6 Å². The predicted molar refractivity (Wildman–Crippen MR) is 65.5 cm³/mol. The fourth-order valence-corrected chi connectivity index (χ4v) is 3.82. The van der Waals surface area contributed by atoms with Crippen molar-refractivity contribution in [1.82, 2.24) is 5.32 Å². The average molecular weight is 263 g/mol. The van der Waals surface area contributed by atoms with Gasteiger partial charge in [0.05, 0.1) is 24.5 Å². The van der Waals surface area contributed by atoms with Gasteiger partial charge in [-0.3, -0.25) is 4.79 Å². The number of esters is 1. The minimum absolute atomic E-state index is 0.152.